The van der Waals surface area contributed by atoms with Gasteiger partial charge in [-0.05, 0) is 35.4 Å². The molecule has 0 spiro atoms. The van der Waals surface area contributed by atoms with Crippen molar-refractivity contribution in [1.29, 1.82) is 0 Å². The van der Waals surface area contributed by atoms with Crippen molar-refractivity contribution in [3.8, 4) is 11.5 Å². The fraction of sp³-hybridized carbons (Fsp3) is 0.455. The third kappa shape index (κ3) is 6.40. The molecule has 2 atom stereocenters. The number of hydrazine groups is 1. The molecule has 8 heteroatoms. The zero-order valence-corrected chi connectivity index (χ0v) is 17.7. The summed E-state index contributed by atoms with van der Waals surface area (Å²) in [6.45, 7) is 3.66. The van der Waals surface area contributed by atoms with E-state index in [1.807, 2.05) is 24.3 Å². The molecule has 164 valence electrons. The van der Waals surface area contributed by atoms with E-state index in [0.717, 1.165) is 31.1 Å². The lowest BCUT2D eigenvalue weighted by Gasteiger charge is -2.41. The van der Waals surface area contributed by atoms with E-state index in [0.29, 0.717) is 13.2 Å². The van der Waals surface area contributed by atoms with Crippen LogP contribution in [0.3, 0.4) is 0 Å². The summed E-state index contributed by atoms with van der Waals surface area (Å²) in [6, 6.07) is 16.5. The van der Waals surface area contributed by atoms with Crippen LogP contribution < -0.4 is 31.0 Å². The summed E-state index contributed by atoms with van der Waals surface area (Å²) in [5, 5.41) is 16.0. The number of nitrogens with one attached hydrogen (secondary N) is 4. The van der Waals surface area contributed by atoms with Gasteiger partial charge in [-0.3, -0.25) is 10.2 Å². The standard InChI is InChI=1S/C22H33N5O3/c1-29-19-7-3-17(4-8-19)14-27(15-18-5-9-20(30-2)10-6-18)22-21(13-23-11-12-28)26-25-16-24-22/h3-10,21-26,28H,11-16H2,1-2H3. The molecule has 1 aliphatic rings. The van der Waals surface area contributed by atoms with Gasteiger partial charge in [0.05, 0.1) is 39.7 Å². The molecular formula is C22H33N5O3. The van der Waals surface area contributed by atoms with Crippen LogP contribution in [-0.4, -0.2) is 62.8 Å². The van der Waals surface area contributed by atoms with Crippen molar-refractivity contribution in [3.63, 3.8) is 0 Å². The first-order chi connectivity index (χ1) is 14.7. The van der Waals surface area contributed by atoms with Crippen LogP contribution >= 0.6 is 0 Å². The van der Waals surface area contributed by atoms with Gasteiger partial charge in [-0.1, -0.05) is 24.3 Å². The van der Waals surface area contributed by atoms with Crippen molar-refractivity contribution in [2.75, 3.05) is 40.6 Å². The molecule has 2 aromatic carbocycles. The lowest BCUT2D eigenvalue weighted by Crippen LogP contribution is -2.69. The first-order valence-corrected chi connectivity index (χ1v) is 10.3. The van der Waals surface area contributed by atoms with Crippen LogP contribution in [0.2, 0.25) is 0 Å². The van der Waals surface area contributed by atoms with E-state index in [-0.39, 0.29) is 18.8 Å². The van der Waals surface area contributed by atoms with Crippen LogP contribution in [0.15, 0.2) is 48.5 Å². The van der Waals surface area contributed by atoms with Crippen LogP contribution in [0.1, 0.15) is 11.1 Å². The Morgan fingerprint density at radius 2 is 1.53 bits per heavy atom. The summed E-state index contributed by atoms with van der Waals surface area (Å²) in [5.41, 5.74) is 8.99. The van der Waals surface area contributed by atoms with Gasteiger partial charge in [0.25, 0.3) is 0 Å². The molecule has 0 bridgehead atoms. The predicted octanol–water partition coefficient (Wildman–Crippen LogP) is 0.638. The molecule has 8 nitrogen and oxygen atoms in total. The SMILES string of the molecule is COc1ccc(CN(Cc2ccc(OC)cc2)C2NCNNC2CNCCO)cc1. The van der Waals surface area contributed by atoms with Gasteiger partial charge in [0, 0.05) is 26.2 Å². The number of rotatable bonds is 11. The monoisotopic (exact) mass is 415 g/mol. The van der Waals surface area contributed by atoms with Crippen LogP contribution in [0.4, 0.5) is 0 Å². The topological polar surface area (TPSA) is 90.1 Å². The first kappa shape index (κ1) is 22.5. The zero-order chi connectivity index (χ0) is 21.2. The van der Waals surface area contributed by atoms with Gasteiger partial charge in [0.15, 0.2) is 0 Å². The zero-order valence-electron chi connectivity index (χ0n) is 17.7. The third-order valence-corrected chi connectivity index (χ3v) is 5.20. The van der Waals surface area contributed by atoms with Crippen molar-refractivity contribution in [2.45, 2.75) is 25.3 Å². The number of ether oxygens (including phenoxy) is 2. The van der Waals surface area contributed by atoms with Gasteiger partial charge in [0.1, 0.15) is 11.5 Å². The molecule has 3 rings (SSSR count). The maximum atomic E-state index is 9.10. The Labute approximate surface area is 178 Å². The minimum absolute atomic E-state index is 0.0987. The molecule has 0 radical (unpaired) electrons. The Morgan fingerprint density at radius 1 is 0.967 bits per heavy atom. The van der Waals surface area contributed by atoms with E-state index in [2.05, 4.69) is 50.7 Å². The van der Waals surface area contributed by atoms with Gasteiger partial charge in [0.2, 0.25) is 0 Å². The minimum Gasteiger partial charge on any atom is -0.497 e. The summed E-state index contributed by atoms with van der Waals surface area (Å²) in [4.78, 5) is 2.42. The lowest BCUT2D eigenvalue weighted by atomic mass is 10.1. The minimum atomic E-state index is 0.0987. The maximum absolute atomic E-state index is 9.10. The van der Waals surface area contributed by atoms with Crippen molar-refractivity contribution < 1.29 is 14.6 Å². The average molecular weight is 416 g/mol. The molecule has 30 heavy (non-hydrogen) atoms. The molecule has 0 aromatic heterocycles. The quantitative estimate of drug-likeness (QED) is 0.342. The highest BCUT2D eigenvalue weighted by Gasteiger charge is 2.29. The summed E-state index contributed by atoms with van der Waals surface area (Å²) in [5.74, 6) is 1.71. The number of benzene rings is 2. The fourth-order valence-corrected chi connectivity index (χ4v) is 3.63. The average Bonchev–Trinajstić information content (AvgIpc) is 2.80. The van der Waals surface area contributed by atoms with E-state index in [4.69, 9.17) is 14.6 Å². The smallest absolute Gasteiger partial charge is 0.118 e. The van der Waals surface area contributed by atoms with Crippen LogP contribution in [0.25, 0.3) is 0 Å². The Hall–Kier alpha value is -2.20. The van der Waals surface area contributed by atoms with Gasteiger partial charge < -0.3 is 19.9 Å². The van der Waals surface area contributed by atoms with Crippen molar-refractivity contribution in [3.05, 3.63) is 59.7 Å². The molecule has 0 aliphatic carbocycles. The molecule has 0 saturated carbocycles. The molecule has 1 aliphatic heterocycles. The summed E-state index contributed by atoms with van der Waals surface area (Å²) < 4.78 is 10.6. The maximum Gasteiger partial charge on any atom is 0.118 e. The van der Waals surface area contributed by atoms with E-state index in [1.165, 1.54) is 11.1 Å². The highest BCUT2D eigenvalue weighted by molar-refractivity contribution is 5.29. The number of hydrogen-bond donors (Lipinski definition) is 5. The first-order valence-electron chi connectivity index (χ1n) is 10.3. The second-order valence-corrected chi connectivity index (χ2v) is 7.28. The number of methoxy groups -OCH3 is 2. The number of hydrogen-bond acceptors (Lipinski definition) is 8. The summed E-state index contributed by atoms with van der Waals surface area (Å²) >= 11 is 0. The number of aliphatic hydroxyl groups is 1. The highest BCUT2D eigenvalue weighted by atomic mass is 16.5. The van der Waals surface area contributed by atoms with Crippen molar-refractivity contribution in [2.24, 2.45) is 0 Å². The van der Waals surface area contributed by atoms with Gasteiger partial charge in [-0.2, -0.15) is 0 Å². The number of aliphatic hydroxyl groups excluding tert-OH is 1. The lowest BCUT2D eigenvalue weighted by molar-refractivity contribution is 0.0757. The molecular weight excluding hydrogens is 382 g/mol. The molecule has 1 saturated heterocycles. The van der Waals surface area contributed by atoms with Gasteiger partial charge in [-0.15, -0.1) is 0 Å². The normalized spacial score (nSPS) is 19.1. The predicted molar refractivity (Wildman–Crippen MR) is 117 cm³/mol. The largest absolute Gasteiger partial charge is 0.497 e. The van der Waals surface area contributed by atoms with E-state index in [1.54, 1.807) is 14.2 Å². The Morgan fingerprint density at radius 3 is 2.03 bits per heavy atom. The molecule has 2 unspecified atom stereocenters. The van der Waals surface area contributed by atoms with E-state index >= 15 is 0 Å². The Balaban J connectivity index is 1.78. The Kier molecular flexibility index (Phi) is 8.88. The van der Waals surface area contributed by atoms with Gasteiger partial charge in [-0.25, -0.2) is 10.9 Å². The third-order valence-electron chi connectivity index (χ3n) is 5.20. The summed E-state index contributed by atoms with van der Waals surface area (Å²) in [7, 11) is 3.36. The van der Waals surface area contributed by atoms with Crippen molar-refractivity contribution >= 4 is 0 Å². The second-order valence-electron chi connectivity index (χ2n) is 7.28. The highest BCUT2D eigenvalue weighted by Crippen LogP contribution is 2.19. The van der Waals surface area contributed by atoms with Crippen LogP contribution in [0.5, 0.6) is 11.5 Å². The molecule has 2 aromatic rings. The van der Waals surface area contributed by atoms with E-state index in [9.17, 15) is 0 Å². The molecule has 5 N–H and O–H groups in total. The van der Waals surface area contributed by atoms with Crippen LogP contribution in [0, 0.1) is 0 Å². The molecule has 1 heterocycles. The fourth-order valence-electron chi connectivity index (χ4n) is 3.63. The van der Waals surface area contributed by atoms with E-state index < -0.39 is 0 Å². The molecule has 0 amide bonds. The van der Waals surface area contributed by atoms with Gasteiger partial charge >= 0.3 is 0 Å². The number of nitrogens with zero attached hydrogens (tertiary/aromatic N) is 1. The van der Waals surface area contributed by atoms with Crippen molar-refractivity contribution in [1.82, 2.24) is 26.4 Å². The summed E-state index contributed by atoms with van der Waals surface area (Å²) in [6.07, 6.45) is 0.0987. The Bertz CT molecular complexity index is 692. The molecule has 1 fully saturated rings. The van der Waals surface area contributed by atoms with Crippen LogP contribution in [-0.2, 0) is 13.1 Å². The second kappa shape index (κ2) is 11.8.